The molecule has 1 saturated carbocycles. The largest absolute Gasteiger partial charge is 0.479 e. The molecule has 6 atom stereocenters. The minimum Gasteiger partial charge on any atom is -0.479 e. The molecular weight excluding hydrogens is 624 g/mol. The Morgan fingerprint density at radius 2 is 1.71 bits per heavy atom. The topological polar surface area (TPSA) is 145 Å². The zero-order valence-electron chi connectivity index (χ0n) is 28.4. The normalized spacial score (nSPS) is 29.3. The van der Waals surface area contributed by atoms with Crippen LogP contribution in [0.25, 0.3) is 11.1 Å². The van der Waals surface area contributed by atoms with Crippen molar-refractivity contribution in [3.8, 4) is 11.1 Å². The van der Waals surface area contributed by atoms with E-state index in [9.17, 15) is 29.1 Å². The molecule has 0 radical (unpaired) electrons. The molecule has 2 aromatic carbocycles. The van der Waals surface area contributed by atoms with Gasteiger partial charge in [-0.2, -0.15) is 0 Å². The fraction of sp³-hybridized carbons (Fsp3) is 0.500. The van der Waals surface area contributed by atoms with Crippen molar-refractivity contribution in [1.82, 2.24) is 20.4 Å². The van der Waals surface area contributed by atoms with Gasteiger partial charge in [0, 0.05) is 43.0 Å². The van der Waals surface area contributed by atoms with Gasteiger partial charge in [-0.15, -0.1) is 0 Å². The molecule has 3 N–H and O–H groups in total. The molecule has 0 spiro atoms. The summed E-state index contributed by atoms with van der Waals surface area (Å²) in [6.07, 6.45) is 6.84. The second-order valence-corrected chi connectivity index (χ2v) is 14.9. The van der Waals surface area contributed by atoms with E-state index in [0.717, 1.165) is 30.4 Å². The van der Waals surface area contributed by atoms with E-state index < -0.39 is 53.0 Å². The monoisotopic (exact) mass is 670 g/mol. The highest BCUT2D eigenvalue weighted by molar-refractivity contribution is 5.98. The number of rotatable bonds is 4. The Morgan fingerprint density at radius 1 is 0.959 bits per heavy atom. The van der Waals surface area contributed by atoms with Crippen molar-refractivity contribution in [2.75, 3.05) is 19.6 Å². The van der Waals surface area contributed by atoms with Crippen LogP contribution in [0, 0.1) is 17.8 Å². The zero-order chi connectivity index (χ0) is 34.9. The van der Waals surface area contributed by atoms with Crippen LogP contribution in [-0.4, -0.2) is 87.5 Å². The number of allylic oxidation sites excluding steroid dienone is 1. The number of benzene rings is 2. The molecule has 3 heterocycles. The summed E-state index contributed by atoms with van der Waals surface area (Å²) in [5.74, 6) is -3.21. The van der Waals surface area contributed by atoms with Crippen molar-refractivity contribution < 1.29 is 33.8 Å². The quantitative estimate of drug-likeness (QED) is 0.403. The van der Waals surface area contributed by atoms with E-state index >= 15 is 0 Å². The average molecular weight is 671 g/mol. The molecule has 2 saturated heterocycles. The standard InChI is InChI=1S/C38H46N4O7/c1-37(2,3)49-36(48)39-30-18-11-6-4-5-10-17-28-20-38(28,35(46)47)40-32(43)31-29-23-41(21-27(29)22-42(31)34(30)45)33(44)26-16-12-15-25(19-26)24-13-8-7-9-14-24/h7-10,12-17,19,27-31H,4-6,11,18,20-23H2,1-3H3,(H,39,48)(H,40,43)(H,46,47)/b17-10-/t27-,28+,29-,30+,31-,38+/m0/s1. The SMILES string of the molecule is CC(C)(C)OC(=O)N[C@@H]1CCCCC/C=C\[C@@H]2C[C@@]2(C(=O)O)NC(=O)[C@@H]2[C@H]3CN(C(=O)c4cccc(-c5ccccc5)c4)C[C@H]3CN2C1=O. The number of carboxylic acid groups (broad SMARTS) is 1. The van der Waals surface area contributed by atoms with E-state index in [1.165, 1.54) is 4.90 Å². The highest BCUT2D eigenvalue weighted by atomic mass is 16.6. The number of carbonyl (C=O) groups is 5. The molecule has 3 aliphatic heterocycles. The molecule has 0 bridgehead atoms. The van der Waals surface area contributed by atoms with Gasteiger partial charge >= 0.3 is 12.1 Å². The summed E-state index contributed by atoms with van der Waals surface area (Å²) in [6, 6.07) is 15.3. The first kappa shape index (κ1) is 34.2. The van der Waals surface area contributed by atoms with Gasteiger partial charge in [-0.25, -0.2) is 9.59 Å². The summed E-state index contributed by atoms with van der Waals surface area (Å²) in [5, 5.41) is 15.8. The first-order valence-electron chi connectivity index (χ1n) is 17.3. The smallest absolute Gasteiger partial charge is 0.408 e. The van der Waals surface area contributed by atoms with E-state index in [1.807, 2.05) is 60.7 Å². The van der Waals surface area contributed by atoms with Crippen LogP contribution in [0.15, 0.2) is 66.7 Å². The van der Waals surface area contributed by atoms with E-state index in [4.69, 9.17) is 4.74 Å². The number of amides is 4. The van der Waals surface area contributed by atoms with Gasteiger partial charge in [0.25, 0.3) is 5.91 Å². The van der Waals surface area contributed by atoms with E-state index in [-0.39, 0.29) is 37.3 Å². The minimum atomic E-state index is -1.44. The van der Waals surface area contributed by atoms with Crippen LogP contribution in [0.1, 0.15) is 69.7 Å². The molecule has 6 rings (SSSR count). The molecule has 4 aliphatic rings. The van der Waals surface area contributed by atoms with Gasteiger partial charge < -0.3 is 30.3 Å². The van der Waals surface area contributed by atoms with Crippen LogP contribution in [0.2, 0.25) is 0 Å². The van der Waals surface area contributed by atoms with Gasteiger partial charge in [-0.3, -0.25) is 14.4 Å². The first-order chi connectivity index (χ1) is 23.4. The first-order valence-corrected chi connectivity index (χ1v) is 17.3. The Labute approximate surface area is 287 Å². The van der Waals surface area contributed by atoms with Gasteiger partial charge in [0.05, 0.1) is 0 Å². The lowest BCUT2D eigenvalue weighted by molar-refractivity contribution is -0.146. The molecule has 0 unspecified atom stereocenters. The summed E-state index contributed by atoms with van der Waals surface area (Å²) >= 11 is 0. The van der Waals surface area contributed by atoms with Crippen LogP contribution < -0.4 is 10.6 Å². The third kappa shape index (κ3) is 7.35. The predicted octanol–water partition coefficient (Wildman–Crippen LogP) is 4.63. The number of carbonyl (C=O) groups excluding carboxylic acids is 4. The Balaban J connectivity index is 1.27. The third-order valence-corrected chi connectivity index (χ3v) is 10.2. The fourth-order valence-electron chi connectivity index (χ4n) is 7.63. The van der Waals surface area contributed by atoms with Gasteiger partial charge in [0.15, 0.2) is 0 Å². The number of aliphatic carboxylic acids is 1. The van der Waals surface area contributed by atoms with Crippen LogP contribution in [0.3, 0.4) is 0 Å². The molecule has 2 aromatic rings. The van der Waals surface area contributed by atoms with E-state index in [0.29, 0.717) is 24.9 Å². The van der Waals surface area contributed by atoms with Gasteiger partial charge in [-0.05, 0) is 69.7 Å². The maximum Gasteiger partial charge on any atom is 0.408 e. The summed E-state index contributed by atoms with van der Waals surface area (Å²) in [5.41, 5.74) is 0.223. The summed E-state index contributed by atoms with van der Waals surface area (Å²) < 4.78 is 5.48. The summed E-state index contributed by atoms with van der Waals surface area (Å²) in [7, 11) is 0. The van der Waals surface area contributed by atoms with Gasteiger partial charge in [0.2, 0.25) is 11.8 Å². The number of ether oxygens (including phenoxy) is 1. The Kier molecular flexibility index (Phi) is 9.55. The predicted molar refractivity (Wildman–Crippen MR) is 182 cm³/mol. The molecule has 260 valence electrons. The maximum absolute atomic E-state index is 14.3. The lowest BCUT2D eigenvalue weighted by Gasteiger charge is -2.33. The summed E-state index contributed by atoms with van der Waals surface area (Å²) in [6.45, 7) is 6.00. The highest BCUT2D eigenvalue weighted by Gasteiger charge is 2.62. The van der Waals surface area contributed by atoms with E-state index in [2.05, 4.69) is 10.6 Å². The molecule has 11 nitrogen and oxygen atoms in total. The van der Waals surface area contributed by atoms with E-state index in [1.54, 1.807) is 31.7 Å². The molecule has 0 aromatic heterocycles. The lowest BCUT2D eigenvalue weighted by atomic mass is 9.93. The van der Waals surface area contributed by atoms with Crippen LogP contribution >= 0.6 is 0 Å². The Morgan fingerprint density at radius 3 is 2.45 bits per heavy atom. The number of hydrogen-bond acceptors (Lipinski definition) is 6. The number of nitrogens with zero attached hydrogens (tertiary/aromatic N) is 2. The lowest BCUT2D eigenvalue weighted by Crippen LogP contribution is -2.58. The maximum atomic E-state index is 14.3. The molecule has 11 heteroatoms. The van der Waals surface area contributed by atoms with Crippen LogP contribution in [0.4, 0.5) is 4.79 Å². The second-order valence-electron chi connectivity index (χ2n) is 14.9. The van der Waals surface area contributed by atoms with Crippen molar-refractivity contribution in [2.45, 2.75) is 82.5 Å². The molecule has 1 aliphatic carbocycles. The van der Waals surface area contributed by atoms with Crippen molar-refractivity contribution in [2.24, 2.45) is 17.8 Å². The Hall–Kier alpha value is -4.67. The number of alkyl carbamates (subject to hydrolysis) is 1. The summed E-state index contributed by atoms with van der Waals surface area (Å²) in [4.78, 5) is 71.0. The number of hydrogen-bond donors (Lipinski definition) is 3. The number of fused-ring (bicyclic) bond motifs is 4. The Bertz CT molecular complexity index is 1640. The molecule has 3 fully saturated rings. The molecular formula is C38H46N4O7. The molecule has 49 heavy (non-hydrogen) atoms. The number of nitrogens with one attached hydrogen (secondary N) is 2. The van der Waals surface area contributed by atoms with Crippen LogP contribution in [-0.2, 0) is 19.1 Å². The third-order valence-electron chi connectivity index (χ3n) is 10.2. The number of carboxylic acids is 1. The molecule has 4 amide bonds. The average Bonchev–Trinajstić information content (AvgIpc) is 3.41. The second kappa shape index (κ2) is 13.7. The van der Waals surface area contributed by atoms with Gasteiger partial charge in [-0.1, -0.05) is 67.5 Å². The fourth-order valence-corrected chi connectivity index (χ4v) is 7.63. The van der Waals surface area contributed by atoms with Crippen molar-refractivity contribution >= 4 is 29.8 Å². The van der Waals surface area contributed by atoms with Gasteiger partial charge in [0.1, 0.15) is 23.2 Å². The van der Waals surface area contributed by atoms with Crippen molar-refractivity contribution in [3.63, 3.8) is 0 Å². The van der Waals surface area contributed by atoms with Crippen molar-refractivity contribution in [1.29, 1.82) is 0 Å². The van der Waals surface area contributed by atoms with Crippen molar-refractivity contribution in [3.05, 3.63) is 72.3 Å². The zero-order valence-corrected chi connectivity index (χ0v) is 28.4. The van der Waals surface area contributed by atoms with Crippen LogP contribution in [0.5, 0.6) is 0 Å². The number of likely N-dealkylation sites (tertiary alicyclic amines) is 1. The highest BCUT2D eigenvalue weighted by Crippen LogP contribution is 2.46. The minimum absolute atomic E-state index is 0.165.